The van der Waals surface area contributed by atoms with Gasteiger partial charge in [0.2, 0.25) is 0 Å². The molecule has 0 aliphatic rings. The maximum atomic E-state index is 9.53. The van der Waals surface area contributed by atoms with Crippen LogP contribution in [0.5, 0.6) is 0 Å². The minimum absolute atomic E-state index is 0.364. The van der Waals surface area contributed by atoms with Crippen molar-refractivity contribution in [1.29, 1.82) is 5.26 Å². The van der Waals surface area contributed by atoms with Crippen LogP contribution in [-0.2, 0) is 5.60 Å². The topological polar surface area (TPSA) is 56.9 Å². The van der Waals surface area contributed by atoms with Crippen molar-refractivity contribution >= 4 is 0 Å². The van der Waals surface area contributed by atoms with E-state index in [2.05, 4.69) is 4.98 Å². The molecule has 1 aromatic rings. The molecule has 3 nitrogen and oxygen atoms in total. The summed E-state index contributed by atoms with van der Waals surface area (Å²) in [4.78, 5) is 3.84. The first-order valence-corrected chi connectivity index (χ1v) is 3.63. The van der Waals surface area contributed by atoms with Crippen LogP contribution in [-0.4, -0.2) is 10.1 Å². The summed E-state index contributed by atoms with van der Waals surface area (Å²) in [5, 5.41) is 18.0. The molecule has 1 heterocycles. The summed E-state index contributed by atoms with van der Waals surface area (Å²) in [7, 11) is 0. The fraction of sp³-hybridized carbons (Fsp3) is 0.333. The Labute approximate surface area is 71.3 Å². The van der Waals surface area contributed by atoms with E-state index in [0.29, 0.717) is 11.3 Å². The highest BCUT2D eigenvalue weighted by atomic mass is 16.3. The number of hydrogen-bond donors (Lipinski definition) is 1. The molecule has 0 saturated carbocycles. The Morgan fingerprint density at radius 3 is 2.50 bits per heavy atom. The van der Waals surface area contributed by atoms with Crippen molar-refractivity contribution in [1.82, 2.24) is 4.98 Å². The van der Waals surface area contributed by atoms with Crippen molar-refractivity contribution in [3.63, 3.8) is 0 Å². The summed E-state index contributed by atoms with van der Waals surface area (Å²) in [5.74, 6) is 0. The first-order chi connectivity index (χ1) is 5.54. The second-order valence-corrected chi connectivity index (χ2v) is 3.10. The number of aromatic nitrogens is 1. The molecule has 0 fully saturated rings. The van der Waals surface area contributed by atoms with Crippen LogP contribution in [0.1, 0.15) is 25.1 Å². The van der Waals surface area contributed by atoms with Crippen LogP contribution in [0.25, 0.3) is 0 Å². The second-order valence-electron chi connectivity index (χ2n) is 3.10. The molecule has 0 radical (unpaired) electrons. The zero-order chi connectivity index (χ0) is 9.19. The number of nitriles is 1. The minimum Gasteiger partial charge on any atom is -0.386 e. The van der Waals surface area contributed by atoms with E-state index in [1.165, 1.54) is 6.20 Å². The van der Waals surface area contributed by atoms with Crippen LogP contribution in [0.3, 0.4) is 0 Å². The van der Waals surface area contributed by atoms with Crippen LogP contribution in [0.4, 0.5) is 0 Å². The molecule has 0 aliphatic heterocycles. The van der Waals surface area contributed by atoms with Crippen molar-refractivity contribution < 1.29 is 5.11 Å². The highest BCUT2D eigenvalue weighted by Gasteiger charge is 2.15. The van der Waals surface area contributed by atoms with E-state index in [4.69, 9.17) is 5.26 Å². The van der Waals surface area contributed by atoms with Gasteiger partial charge < -0.3 is 5.11 Å². The largest absolute Gasteiger partial charge is 0.386 e. The van der Waals surface area contributed by atoms with Gasteiger partial charge in [-0.1, -0.05) is 6.07 Å². The van der Waals surface area contributed by atoms with E-state index >= 15 is 0 Å². The Bertz CT molecular complexity index is 303. The van der Waals surface area contributed by atoms with E-state index in [-0.39, 0.29) is 0 Å². The normalized spacial score (nSPS) is 10.8. The van der Waals surface area contributed by atoms with E-state index in [9.17, 15) is 5.11 Å². The lowest BCUT2D eigenvalue weighted by Gasteiger charge is -2.16. The fourth-order valence-corrected chi connectivity index (χ4v) is 0.822. The van der Waals surface area contributed by atoms with Gasteiger partial charge in [-0.15, -0.1) is 0 Å². The predicted molar refractivity (Wildman–Crippen MR) is 44.2 cm³/mol. The number of hydrogen-bond acceptors (Lipinski definition) is 3. The predicted octanol–water partition coefficient (Wildman–Crippen LogP) is 1.18. The molecule has 1 aromatic heterocycles. The Balaban J connectivity index is 3.02. The lowest BCUT2D eigenvalue weighted by Crippen LogP contribution is -2.15. The van der Waals surface area contributed by atoms with Gasteiger partial charge in [0.1, 0.15) is 11.8 Å². The molecule has 0 amide bonds. The molecule has 0 spiro atoms. The smallest absolute Gasteiger partial charge is 0.140 e. The molecule has 0 atom stereocenters. The zero-order valence-electron chi connectivity index (χ0n) is 7.07. The van der Waals surface area contributed by atoms with Crippen LogP contribution < -0.4 is 0 Å². The van der Waals surface area contributed by atoms with E-state index in [0.717, 1.165) is 0 Å². The lowest BCUT2D eigenvalue weighted by molar-refractivity contribution is 0.0782. The molecule has 1 rings (SSSR count). The molecule has 0 aromatic carbocycles. The molecule has 0 aliphatic carbocycles. The second kappa shape index (κ2) is 2.92. The third-order valence-corrected chi connectivity index (χ3v) is 1.58. The van der Waals surface area contributed by atoms with Gasteiger partial charge in [0.15, 0.2) is 0 Å². The summed E-state index contributed by atoms with van der Waals surface area (Å²) >= 11 is 0. The molecule has 3 heteroatoms. The first kappa shape index (κ1) is 8.69. The van der Waals surface area contributed by atoms with Crippen LogP contribution in [0.2, 0.25) is 0 Å². The Kier molecular flexibility index (Phi) is 2.11. The molecule has 1 N–H and O–H groups in total. The van der Waals surface area contributed by atoms with Crippen molar-refractivity contribution in [2.24, 2.45) is 0 Å². The van der Waals surface area contributed by atoms with E-state index in [1.54, 1.807) is 26.0 Å². The van der Waals surface area contributed by atoms with Gasteiger partial charge in [0, 0.05) is 11.8 Å². The summed E-state index contributed by atoms with van der Waals surface area (Å²) in [6.45, 7) is 3.35. The molecular formula is C9H10N2O. The maximum absolute atomic E-state index is 9.53. The first-order valence-electron chi connectivity index (χ1n) is 3.63. The maximum Gasteiger partial charge on any atom is 0.140 e. The van der Waals surface area contributed by atoms with Crippen molar-refractivity contribution in [2.75, 3.05) is 0 Å². The van der Waals surface area contributed by atoms with Crippen LogP contribution in [0.15, 0.2) is 18.3 Å². The van der Waals surface area contributed by atoms with Gasteiger partial charge in [-0.2, -0.15) is 5.26 Å². The van der Waals surface area contributed by atoms with Crippen LogP contribution in [0, 0.1) is 11.3 Å². The summed E-state index contributed by atoms with van der Waals surface area (Å²) in [6.07, 6.45) is 1.51. The molecule has 0 unspecified atom stereocenters. The van der Waals surface area contributed by atoms with Gasteiger partial charge in [-0.25, -0.2) is 4.98 Å². The molecule has 0 bridgehead atoms. The minimum atomic E-state index is -0.888. The lowest BCUT2D eigenvalue weighted by atomic mass is 10.0. The monoisotopic (exact) mass is 162 g/mol. The van der Waals surface area contributed by atoms with Gasteiger partial charge in [0.05, 0.1) is 5.60 Å². The summed E-state index contributed by atoms with van der Waals surface area (Å²) in [6, 6.07) is 5.20. The Morgan fingerprint density at radius 2 is 2.17 bits per heavy atom. The third-order valence-electron chi connectivity index (χ3n) is 1.58. The number of aliphatic hydroxyl groups is 1. The molecular weight excluding hydrogens is 152 g/mol. The van der Waals surface area contributed by atoms with Crippen molar-refractivity contribution in [3.8, 4) is 6.07 Å². The highest BCUT2D eigenvalue weighted by Crippen LogP contribution is 2.17. The SMILES string of the molecule is CC(C)(O)c1ccc(C#N)nc1. The average molecular weight is 162 g/mol. The van der Waals surface area contributed by atoms with Gasteiger partial charge >= 0.3 is 0 Å². The summed E-state index contributed by atoms with van der Waals surface area (Å²) < 4.78 is 0. The Hall–Kier alpha value is -1.40. The Morgan fingerprint density at radius 1 is 1.50 bits per heavy atom. The highest BCUT2D eigenvalue weighted by molar-refractivity contribution is 5.25. The average Bonchev–Trinajstić information content (AvgIpc) is 2.03. The number of nitrogens with zero attached hydrogens (tertiary/aromatic N) is 2. The molecule has 12 heavy (non-hydrogen) atoms. The fourth-order valence-electron chi connectivity index (χ4n) is 0.822. The molecule has 0 saturated heterocycles. The molecule has 62 valence electrons. The van der Waals surface area contributed by atoms with Gasteiger partial charge in [-0.3, -0.25) is 0 Å². The number of rotatable bonds is 1. The van der Waals surface area contributed by atoms with Crippen LogP contribution >= 0.6 is 0 Å². The van der Waals surface area contributed by atoms with Gasteiger partial charge in [-0.05, 0) is 19.9 Å². The third kappa shape index (κ3) is 1.80. The van der Waals surface area contributed by atoms with E-state index in [1.807, 2.05) is 6.07 Å². The van der Waals surface area contributed by atoms with Crippen molar-refractivity contribution in [3.05, 3.63) is 29.6 Å². The van der Waals surface area contributed by atoms with E-state index < -0.39 is 5.60 Å². The quantitative estimate of drug-likeness (QED) is 0.674. The standard InChI is InChI=1S/C9H10N2O/c1-9(2,12)7-3-4-8(5-10)11-6-7/h3-4,6,12H,1-2H3. The summed E-state index contributed by atoms with van der Waals surface area (Å²) in [5.41, 5.74) is 0.186. The van der Waals surface area contributed by atoms with Gasteiger partial charge in [0.25, 0.3) is 0 Å². The number of pyridine rings is 1. The zero-order valence-corrected chi connectivity index (χ0v) is 7.07. The van der Waals surface area contributed by atoms with Crippen molar-refractivity contribution in [2.45, 2.75) is 19.4 Å².